The fourth-order valence-corrected chi connectivity index (χ4v) is 1.71. The van der Waals surface area contributed by atoms with Gasteiger partial charge in [0.25, 0.3) is 0 Å². The number of nitrogens with zero attached hydrogens (tertiary/aromatic N) is 1. The molecule has 0 heterocycles. The molecule has 0 bridgehead atoms. The highest BCUT2D eigenvalue weighted by Crippen LogP contribution is 2.11. The van der Waals surface area contributed by atoms with Gasteiger partial charge in [-0.05, 0) is 42.5 Å². The molecular formula is C16H14FN3O2. The number of halogens is 1. The molecule has 0 unspecified atom stereocenters. The van der Waals surface area contributed by atoms with Gasteiger partial charge in [-0.2, -0.15) is 5.26 Å². The first-order valence-electron chi connectivity index (χ1n) is 6.61. The normalized spacial score (nSPS) is 9.64. The monoisotopic (exact) mass is 299 g/mol. The molecule has 2 aromatic carbocycles. The van der Waals surface area contributed by atoms with Gasteiger partial charge in [-0.1, -0.05) is 6.07 Å². The first kappa shape index (κ1) is 15.3. The van der Waals surface area contributed by atoms with Crippen molar-refractivity contribution in [3.05, 3.63) is 59.9 Å². The topological polar surface area (TPSA) is 74.2 Å². The average Bonchev–Trinajstić information content (AvgIpc) is 2.53. The number of nitrogens with one attached hydrogen (secondary N) is 2. The highest BCUT2D eigenvalue weighted by atomic mass is 19.1. The minimum atomic E-state index is -0.391. The Kier molecular flexibility index (Phi) is 5.32. The van der Waals surface area contributed by atoms with Crippen LogP contribution in [0.5, 0.6) is 5.75 Å². The van der Waals surface area contributed by atoms with Crippen molar-refractivity contribution < 1.29 is 13.9 Å². The molecule has 0 radical (unpaired) electrons. The van der Waals surface area contributed by atoms with Gasteiger partial charge in [-0.25, -0.2) is 9.18 Å². The van der Waals surface area contributed by atoms with Crippen molar-refractivity contribution in [1.82, 2.24) is 5.32 Å². The van der Waals surface area contributed by atoms with Gasteiger partial charge in [0.1, 0.15) is 18.2 Å². The van der Waals surface area contributed by atoms with E-state index in [9.17, 15) is 9.18 Å². The van der Waals surface area contributed by atoms with Gasteiger partial charge in [0.2, 0.25) is 0 Å². The van der Waals surface area contributed by atoms with Crippen LogP contribution in [0.2, 0.25) is 0 Å². The second kappa shape index (κ2) is 7.64. The van der Waals surface area contributed by atoms with Crippen LogP contribution >= 0.6 is 0 Å². The fourth-order valence-electron chi connectivity index (χ4n) is 1.71. The van der Waals surface area contributed by atoms with Crippen molar-refractivity contribution >= 4 is 11.7 Å². The Balaban J connectivity index is 1.71. The lowest BCUT2D eigenvalue weighted by Gasteiger charge is -2.09. The first-order valence-corrected chi connectivity index (χ1v) is 6.61. The zero-order valence-corrected chi connectivity index (χ0v) is 11.7. The van der Waals surface area contributed by atoms with Crippen molar-refractivity contribution in [3.63, 3.8) is 0 Å². The molecule has 0 aliphatic rings. The van der Waals surface area contributed by atoms with Crippen LogP contribution in [-0.2, 0) is 0 Å². The van der Waals surface area contributed by atoms with E-state index in [2.05, 4.69) is 10.6 Å². The Morgan fingerprint density at radius 2 is 2.00 bits per heavy atom. The van der Waals surface area contributed by atoms with Crippen LogP contribution in [0.3, 0.4) is 0 Å². The molecule has 0 atom stereocenters. The molecule has 2 N–H and O–H groups in total. The Morgan fingerprint density at radius 1 is 1.23 bits per heavy atom. The summed E-state index contributed by atoms with van der Waals surface area (Å²) in [5, 5.41) is 14.0. The molecule has 0 aromatic heterocycles. The molecule has 0 spiro atoms. The number of amides is 2. The third-order valence-electron chi connectivity index (χ3n) is 2.72. The van der Waals surface area contributed by atoms with E-state index in [-0.39, 0.29) is 12.4 Å². The average molecular weight is 299 g/mol. The van der Waals surface area contributed by atoms with Crippen LogP contribution in [0.25, 0.3) is 0 Å². The molecule has 2 rings (SSSR count). The van der Waals surface area contributed by atoms with Crippen LogP contribution in [0, 0.1) is 17.1 Å². The van der Waals surface area contributed by atoms with Crippen molar-refractivity contribution in [2.24, 2.45) is 0 Å². The summed E-state index contributed by atoms with van der Waals surface area (Å²) in [4.78, 5) is 11.7. The van der Waals surface area contributed by atoms with Gasteiger partial charge in [0.05, 0.1) is 18.2 Å². The summed E-state index contributed by atoms with van der Waals surface area (Å²) >= 11 is 0. The summed E-state index contributed by atoms with van der Waals surface area (Å²) in [7, 11) is 0. The smallest absolute Gasteiger partial charge is 0.319 e. The lowest BCUT2D eigenvalue weighted by Crippen LogP contribution is -2.32. The Bertz CT molecular complexity index is 681. The zero-order valence-electron chi connectivity index (χ0n) is 11.7. The predicted molar refractivity (Wildman–Crippen MR) is 80.1 cm³/mol. The van der Waals surface area contributed by atoms with Crippen LogP contribution in [0.15, 0.2) is 48.5 Å². The second-order valence-corrected chi connectivity index (χ2v) is 4.38. The highest BCUT2D eigenvalue weighted by Gasteiger charge is 2.02. The lowest BCUT2D eigenvalue weighted by molar-refractivity contribution is 0.247. The van der Waals surface area contributed by atoms with Crippen molar-refractivity contribution in [1.29, 1.82) is 5.26 Å². The molecule has 5 nitrogen and oxygen atoms in total. The minimum absolute atomic E-state index is 0.261. The van der Waals surface area contributed by atoms with E-state index in [1.54, 1.807) is 24.3 Å². The van der Waals surface area contributed by atoms with Gasteiger partial charge >= 0.3 is 6.03 Å². The standard InChI is InChI=1S/C16H14FN3O2/c17-13-4-6-15(7-5-13)22-9-8-19-16(21)20-14-3-1-2-12(10-14)11-18/h1-7,10H,8-9H2,(H2,19,20,21). The summed E-state index contributed by atoms with van der Waals surface area (Å²) in [5.74, 6) is 0.204. The van der Waals surface area contributed by atoms with E-state index in [1.807, 2.05) is 6.07 Å². The molecule has 22 heavy (non-hydrogen) atoms. The molecule has 6 heteroatoms. The van der Waals surface area contributed by atoms with Crippen LogP contribution < -0.4 is 15.4 Å². The molecule has 0 saturated carbocycles. The number of rotatable bonds is 5. The number of benzene rings is 2. The Labute approximate surface area is 127 Å². The van der Waals surface area contributed by atoms with Gasteiger partial charge in [0.15, 0.2) is 0 Å². The number of carbonyl (C=O) groups excluding carboxylic acids is 1. The maximum Gasteiger partial charge on any atom is 0.319 e. The molecule has 2 aromatic rings. The largest absolute Gasteiger partial charge is 0.492 e. The third kappa shape index (κ3) is 4.80. The number of ether oxygens (including phenoxy) is 1. The van der Waals surface area contributed by atoms with Crippen molar-refractivity contribution in [3.8, 4) is 11.8 Å². The molecule has 2 amide bonds. The van der Waals surface area contributed by atoms with E-state index < -0.39 is 6.03 Å². The summed E-state index contributed by atoms with van der Waals surface area (Å²) in [6, 6.07) is 13.9. The van der Waals surface area contributed by atoms with Crippen LogP contribution in [0.1, 0.15) is 5.56 Å². The molecular weight excluding hydrogens is 285 g/mol. The number of nitriles is 1. The molecule has 0 fully saturated rings. The van der Waals surface area contributed by atoms with Gasteiger partial charge in [0, 0.05) is 5.69 Å². The number of hydrogen-bond donors (Lipinski definition) is 2. The highest BCUT2D eigenvalue weighted by molar-refractivity contribution is 5.89. The summed E-state index contributed by atoms with van der Waals surface area (Å²) in [6.45, 7) is 0.554. The van der Waals surface area contributed by atoms with E-state index in [4.69, 9.17) is 10.00 Å². The number of hydrogen-bond acceptors (Lipinski definition) is 3. The molecule has 0 saturated heterocycles. The van der Waals surface area contributed by atoms with E-state index in [0.29, 0.717) is 23.5 Å². The number of anilines is 1. The SMILES string of the molecule is N#Cc1cccc(NC(=O)NCCOc2ccc(F)cc2)c1. The van der Waals surface area contributed by atoms with Crippen molar-refractivity contribution in [2.45, 2.75) is 0 Å². The number of carbonyl (C=O) groups is 1. The summed E-state index contributed by atoms with van der Waals surface area (Å²) in [6.07, 6.45) is 0. The van der Waals surface area contributed by atoms with Crippen molar-refractivity contribution in [2.75, 3.05) is 18.5 Å². The Hall–Kier alpha value is -3.07. The maximum atomic E-state index is 12.7. The van der Waals surface area contributed by atoms with E-state index >= 15 is 0 Å². The van der Waals surface area contributed by atoms with E-state index in [0.717, 1.165) is 0 Å². The molecule has 112 valence electrons. The Morgan fingerprint density at radius 3 is 2.73 bits per heavy atom. The third-order valence-corrected chi connectivity index (χ3v) is 2.72. The quantitative estimate of drug-likeness (QED) is 0.834. The second-order valence-electron chi connectivity index (χ2n) is 4.38. The minimum Gasteiger partial charge on any atom is -0.492 e. The first-order chi connectivity index (χ1) is 10.7. The van der Waals surface area contributed by atoms with E-state index in [1.165, 1.54) is 24.3 Å². The summed E-state index contributed by atoms with van der Waals surface area (Å²) in [5.41, 5.74) is 1.01. The van der Waals surface area contributed by atoms with Crippen LogP contribution in [0.4, 0.5) is 14.9 Å². The van der Waals surface area contributed by atoms with Crippen LogP contribution in [-0.4, -0.2) is 19.2 Å². The van der Waals surface area contributed by atoms with Gasteiger partial charge in [-0.3, -0.25) is 0 Å². The maximum absolute atomic E-state index is 12.7. The molecule has 0 aliphatic heterocycles. The zero-order chi connectivity index (χ0) is 15.8. The molecule has 0 aliphatic carbocycles. The lowest BCUT2D eigenvalue weighted by atomic mass is 10.2. The predicted octanol–water partition coefficient (Wildman–Crippen LogP) is 2.90. The number of urea groups is 1. The summed E-state index contributed by atoms with van der Waals surface area (Å²) < 4.78 is 18.0. The van der Waals surface area contributed by atoms with Gasteiger partial charge in [-0.15, -0.1) is 0 Å². The van der Waals surface area contributed by atoms with Gasteiger partial charge < -0.3 is 15.4 Å². The fraction of sp³-hybridized carbons (Fsp3) is 0.125.